The maximum atomic E-state index is 11.8. The third-order valence-electron chi connectivity index (χ3n) is 2.86. The van der Waals surface area contributed by atoms with Crippen LogP contribution < -0.4 is 5.69 Å². The molecule has 0 N–H and O–H groups in total. The van der Waals surface area contributed by atoms with Gasteiger partial charge in [0, 0.05) is 11.9 Å². The third-order valence-corrected chi connectivity index (χ3v) is 3.66. The van der Waals surface area contributed by atoms with Crippen molar-refractivity contribution in [1.82, 2.24) is 14.4 Å². The Morgan fingerprint density at radius 2 is 1.86 bits per heavy atom. The van der Waals surface area contributed by atoms with E-state index in [0.717, 1.165) is 11.3 Å². The molecule has 2 heterocycles. The number of thioether (sulfide) groups is 1. The van der Waals surface area contributed by atoms with Crippen molar-refractivity contribution in [1.29, 1.82) is 0 Å². The Hall–Kier alpha value is -2.40. The fourth-order valence-corrected chi connectivity index (χ4v) is 2.52. The molecule has 4 nitrogen and oxygen atoms in total. The second-order valence-electron chi connectivity index (χ2n) is 4.34. The summed E-state index contributed by atoms with van der Waals surface area (Å²) in [6.07, 6.45) is 5.75. The van der Waals surface area contributed by atoms with Crippen LogP contribution >= 0.6 is 11.8 Å². The molecule has 5 heteroatoms. The molecular formula is C16H13N3OS. The van der Waals surface area contributed by atoms with Crippen molar-refractivity contribution in [2.45, 2.75) is 5.16 Å². The zero-order chi connectivity index (χ0) is 14.5. The van der Waals surface area contributed by atoms with Gasteiger partial charge >= 0.3 is 5.69 Å². The van der Waals surface area contributed by atoms with E-state index in [2.05, 4.69) is 9.97 Å². The van der Waals surface area contributed by atoms with Gasteiger partial charge in [-0.1, -0.05) is 60.3 Å². The van der Waals surface area contributed by atoms with Gasteiger partial charge in [0.15, 0.2) is 5.16 Å². The van der Waals surface area contributed by atoms with Gasteiger partial charge in [0.1, 0.15) is 5.65 Å². The monoisotopic (exact) mass is 295 g/mol. The summed E-state index contributed by atoms with van der Waals surface area (Å²) in [4.78, 5) is 20.2. The number of nitrogens with zero attached hydrogens (tertiary/aromatic N) is 3. The van der Waals surface area contributed by atoms with Crippen LogP contribution in [0.15, 0.2) is 70.8 Å². The molecule has 0 bridgehead atoms. The Kier molecular flexibility index (Phi) is 4.12. The van der Waals surface area contributed by atoms with Crippen LogP contribution in [0.5, 0.6) is 0 Å². The Balaban J connectivity index is 1.71. The fourth-order valence-electron chi connectivity index (χ4n) is 1.88. The molecule has 3 rings (SSSR count). The summed E-state index contributed by atoms with van der Waals surface area (Å²) < 4.78 is 1.43. The molecule has 104 valence electrons. The maximum Gasteiger partial charge on any atom is 0.355 e. The quantitative estimate of drug-likeness (QED) is 0.694. The van der Waals surface area contributed by atoms with E-state index in [1.54, 1.807) is 18.3 Å². The molecule has 0 radical (unpaired) electrons. The van der Waals surface area contributed by atoms with Crippen molar-refractivity contribution in [3.8, 4) is 0 Å². The van der Waals surface area contributed by atoms with Gasteiger partial charge in [-0.3, -0.25) is 4.40 Å². The van der Waals surface area contributed by atoms with E-state index in [4.69, 9.17) is 0 Å². The van der Waals surface area contributed by atoms with Gasteiger partial charge in [-0.2, -0.15) is 4.98 Å². The standard InChI is InChI=1S/C16H13N3OS/c20-16-18-15(17-14-10-4-5-11-19(14)16)21-12-6-9-13-7-2-1-3-8-13/h1-11H,12H2/b9-6+. The lowest BCUT2D eigenvalue weighted by Gasteiger charge is -2.00. The van der Waals surface area contributed by atoms with Gasteiger partial charge in [0.25, 0.3) is 0 Å². The molecule has 0 amide bonds. The fraction of sp³-hybridized carbons (Fsp3) is 0.0625. The Morgan fingerprint density at radius 1 is 1.05 bits per heavy atom. The number of pyridine rings is 1. The van der Waals surface area contributed by atoms with Gasteiger partial charge in [-0.05, 0) is 17.7 Å². The van der Waals surface area contributed by atoms with E-state index in [1.807, 2.05) is 48.6 Å². The van der Waals surface area contributed by atoms with Crippen molar-refractivity contribution >= 4 is 23.5 Å². The number of aromatic nitrogens is 3. The highest BCUT2D eigenvalue weighted by molar-refractivity contribution is 7.99. The first kappa shape index (κ1) is 13.6. The van der Waals surface area contributed by atoms with Crippen LogP contribution in [-0.2, 0) is 0 Å². The first-order chi connectivity index (χ1) is 10.3. The molecule has 0 aliphatic rings. The Morgan fingerprint density at radius 3 is 2.71 bits per heavy atom. The van der Waals surface area contributed by atoms with Crippen molar-refractivity contribution in [3.63, 3.8) is 0 Å². The molecule has 3 aromatic rings. The highest BCUT2D eigenvalue weighted by Crippen LogP contribution is 2.12. The number of benzene rings is 1. The SMILES string of the molecule is O=c1nc(SC/C=C/c2ccccc2)nc2ccccn12. The van der Waals surface area contributed by atoms with Crippen molar-refractivity contribution in [2.75, 3.05) is 5.75 Å². The second-order valence-corrected chi connectivity index (χ2v) is 5.33. The van der Waals surface area contributed by atoms with Gasteiger partial charge in [0.05, 0.1) is 0 Å². The van der Waals surface area contributed by atoms with Gasteiger partial charge in [-0.25, -0.2) is 9.78 Å². The highest BCUT2D eigenvalue weighted by atomic mass is 32.2. The molecule has 2 aromatic heterocycles. The van der Waals surface area contributed by atoms with Gasteiger partial charge in [-0.15, -0.1) is 0 Å². The first-order valence-corrected chi connectivity index (χ1v) is 7.51. The molecular weight excluding hydrogens is 282 g/mol. The second kappa shape index (κ2) is 6.37. The van der Waals surface area contributed by atoms with E-state index < -0.39 is 0 Å². The third kappa shape index (κ3) is 3.38. The zero-order valence-electron chi connectivity index (χ0n) is 11.2. The largest absolute Gasteiger partial charge is 0.355 e. The summed E-state index contributed by atoms with van der Waals surface area (Å²) in [6.45, 7) is 0. The van der Waals surface area contributed by atoms with E-state index >= 15 is 0 Å². The minimum absolute atomic E-state index is 0.296. The predicted molar refractivity (Wildman–Crippen MR) is 85.5 cm³/mol. The molecule has 0 atom stereocenters. The normalized spacial score (nSPS) is 11.2. The molecule has 0 fully saturated rings. The van der Waals surface area contributed by atoms with Crippen LogP contribution in [0, 0.1) is 0 Å². The summed E-state index contributed by atoms with van der Waals surface area (Å²) in [6, 6.07) is 15.5. The number of hydrogen-bond donors (Lipinski definition) is 0. The number of fused-ring (bicyclic) bond motifs is 1. The molecule has 0 spiro atoms. The minimum atomic E-state index is -0.296. The van der Waals surface area contributed by atoms with E-state index in [-0.39, 0.29) is 5.69 Å². The molecule has 0 unspecified atom stereocenters. The number of hydrogen-bond acceptors (Lipinski definition) is 4. The summed E-state index contributed by atoms with van der Waals surface area (Å²) in [7, 11) is 0. The molecule has 0 aliphatic heterocycles. The first-order valence-electron chi connectivity index (χ1n) is 6.53. The zero-order valence-corrected chi connectivity index (χ0v) is 12.0. The smallest absolute Gasteiger partial charge is 0.251 e. The van der Waals surface area contributed by atoms with Crippen molar-refractivity contribution in [3.05, 3.63) is 76.9 Å². The molecule has 1 aromatic carbocycles. The summed E-state index contributed by atoms with van der Waals surface area (Å²) in [5.74, 6) is 0.720. The van der Waals surface area contributed by atoms with Crippen molar-refractivity contribution in [2.24, 2.45) is 0 Å². The van der Waals surface area contributed by atoms with Crippen LogP contribution in [-0.4, -0.2) is 20.1 Å². The number of rotatable bonds is 4. The molecule has 0 saturated heterocycles. The summed E-state index contributed by atoms with van der Waals surface area (Å²) >= 11 is 1.45. The minimum Gasteiger partial charge on any atom is -0.251 e. The molecule has 0 aliphatic carbocycles. The maximum absolute atomic E-state index is 11.8. The summed E-state index contributed by atoms with van der Waals surface area (Å²) in [5.41, 5.74) is 1.47. The van der Waals surface area contributed by atoms with E-state index in [9.17, 15) is 4.79 Å². The Bertz CT molecular complexity index is 828. The van der Waals surface area contributed by atoms with Gasteiger partial charge in [0.2, 0.25) is 0 Å². The Labute approximate surface area is 126 Å². The average molecular weight is 295 g/mol. The topological polar surface area (TPSA) is 47.3 Å². The van der Waals surface area contributed by atoms with Crippen LogP contribution in [0.4, 0.5) is 0 Å². The van der Waals surface area contributed by atoms with Crippen LogP contribution in [0.3, 0.4) is 0 Å². The predicted octanol–water partition coefficient (Wildman–Crippen LogP) is 2.90. The lowest BCUT2D eigenvalue weighted by atomic mass is 10.2. The molecule has 0 saturated carbocycles. The van der Waals surface area contributed by atoms with Crippen LogP contribution in [0.1, 0.15) is 5.56 Å². The van der Waals surface area contributed by atoms with E-state index in [0.29, 0.717) is 10.8 Å². The van der Waals surface area contributed by atoms with Crippen LogP contribution in [0.2, 0.25) is 0 Å². The average Bonchev–Trinajstić information content (AvgIpc) is 2.53. The summed E-state index contributed by atoms with van der Waals surface area (Å²) in [5, 5.41) is 0.504. The van der Waals surface area contributed by atoms with Crippen LogP contribution in [0.25, 0.3) is 11.7 Å². The van der Waals surface area contributed by atoms with E-state index in [1.165, 1.54) is 16.2 Å². The van der Waals surface area contributed by atoms with Crippen molar-refractivity contribution < 1.29 is 0 Å². The lowest BCUT2D eigenvalue weighted by Crippen LogP contribution is -2.18. The highest BCUT2D eigenvalue weighted by Gasteiger charge is 2.02. The van der Waals surface area contributed by atoms with Gasteiger partial charge < -0.3 is 0 Å². The molecule has 21 heavy (non-hydrogen) atoms. The lowest BCUT2D eigenvalue weighted by molar-refractivity contribution is 0.847.